The monoisotopic (exact) mass is 591 g/mol. The molecule has 2 amide bonds. The third-order valence-corrected chi connectivity index (χ3v) is 7.09. The van der Waals surface area contributed by atoms with Gasteiger partial charge in [-0.15, -0.1) is 0 Å². The highest BCUT2D eigenvalue weighted by atomic mass is 19.2. The van der Waals surface area contributed by atoms with E-state index in [4.69, 9.17) is 14.7 Å². The van der Waals surface area contributed by atoms with E-state index in [-0.39, 0.29) is 0 Å². The number of nitrogens with one attached hydrogen (secondary N) is 2. The number of carbonyl (C=O) groups excluding carboxylic acids is 1. The zero-order valence-electron chi connectivity index (χ0n) is 24.6. The third kappa shape index (κ3) is 7.05. The summed E-state index contributed by atoms with van der Waals surface area (Å²) in [6.07, 6.45) is 1.05. The van der Waals surface area contributed by atoms with Gasteiger partial charge in [-0.2, -0.15) is 10.2 Å². The van der Waals surface area contributed by atoms with Crippen molar-refractivity contribution in [3.8, 4) is 16.9 Å². The number of para-hydroxylation sites is 1. The van der Waals surface area contributed by atoms with Gasteiger partial charge in [0.1, 0.15) is 11.9 Å². The van der Waals surface area contributed by atoms with Crippen LogP contribution in [0.15, 0.2) is 66.9 Å². The molecule has 43 heavy (non-hydrogen) atoms. The molecular weight excluding hydrogens is 556 g/mol. The van der Waals surface area contributed by atoms with Crippen LogP contribution in [0.1, 0.15) is 22.9 Å². The number of hydrogen-bond acceptors (Lipinski definition) is 7. The van der Waals surface area contributed by atoms with Crippen molar-refractivity contribution in [2.45, 2.75) is 25.6 Å². The molecule has 1 fully saturated rings. The van der Waals surface area contributed by atoms with Gasteiger partial charge < -0.3 is 15.0 Å². The fourth-order valence-corrected chi connectivity index (χ4v) is 5.00. The molecule has 4 aromatic rings. The smallest absolute Gasteiger partial charge is 0.320 e. The molecule has 0 radical (unpaired) electrons. The molecular formula is C31H35F2N7O3. The van der Waals surface area contributed by atoms with E-state index in [2.05, 4.69) is 15.6 Å². The molecule has 2 aromatic heterocycles. The number of hydrogen-bond donors (Lipinski definition) is 2. The van der Waals surface area contributed by atoms with Crippen molar-refractivity contribution in [1.29, 1.82) is 0 Å². The standard InChI is InChI=1S/C31H35F2N7O3/c1-20-28(22-10-12-23(34-17-22)18-38(2)3)37-40(24-8-6-5-7-9-24)30(20)36-31(41)35-27-19-39(14-15-42-4)43-29(27)21-11-13-25(32)26(33)16-21/h5-13,16-17,27,29H,14-15,18-19H2,1-4H3,(H2,35,36,41)/t27-,29+/m1/s1. The number of rotatable bonds is 10. The number of amides is 2. The second-order valence-electron chi connectivity index (χ2n) is 10.6. The summed E-state index contributed by atoms with van der Waals surface area (Å²) in [5.41, 5.74) is 4.34. The second-order valence-corrected chi connectivity index (χ2v) is 10.6. The van der Waals surface area contributed by atoms with Crippen molar-refractivity contribution >= 4 is 11.8 Å². The van der Waals surface area contributed by atoms with Gasteiger partial charge in [0.15, 0.2) is 11.6 Å². The number of ether oxygens (including phenoxy) is 1. The molecule has 2 N–H and O–H groups in total. The van der Waals surface area contributed by atoms with Crippen LogP contribution < -0.4 is 10.6 Å². The van der Waals surface area contributed by atoms with Crippen LogP contribution in [0, 0.1) is 18.6 Å². The number of nitrogens with zero attached hydrogens (tertiary/aromatic N) is 5. The molecule has 3 heterocycles. The van der Waals surface area contributed by atoms with Crippen molar-refractivity contribution in [2.75, 3.05) is 46.2 Å². The van der Waals surface area contributed by atoms with Crippen LogP contribution in [0.5, 0.6) is 0 Å². The maximum atomic E-state index is 14.1. The largest absolute Gasteiger partial charge is 0.383 e. The third-order valence-electron chi connectivity index (χ3n) is 7.09. The molecule has 0 unspecified atom stereocenters. The first-order chi connectivity index (χ1) is 20.7. The number of benzene rings is 2. The van der Waals surface area contributed by atoms with E-state index in [1.165, 1.54) is 6.07 Å². The Kier molecular flexibility index (Phi) is 9.41. The summed E-state index contributed by atoms with van der Waals surface area (Å²) in [5, 5.41) is 12.4. The van der Waals surface area contributed by atoms with Crippen LogP contribution in [0.25, 0.3) is 16.9 Å². The van der Waals surface area contributed by atoms with Crippen LogP contribution in [-0.2, 0) is 16.1 Å². The summed E-state index contributed by atoms with van der Waals surface area (Å²) in [6, 6.07) is 15.9. The molecule has 1 aliphatic heterocycles. The number of hydroxylamine groups is 2. The van der Waals surface area contributed by atoms with E-state index < -0.39 is 29.8 Å². The predicted molar refractivity (Wildman–Crippen MR) is 158 cm³/mol. The lowest BCUT2D eigenvalue weighted by Crippen LogP contribution is -2.42. The minimum Gasteiger partial charge on any atom is -0.383 e. The molecule has 2 atom stereocenters. The fourth-order valence-electron chi connectivity index (χ4n) is 5.00. The van der Waals surface area contributed by atoms with E-state index in [1.54, 1.807) is 23.1 Å². The minimum atomic E-state index is -0.987. The van der Waals surface area contributed by atoms with Crippen molar-refractivity contribution in [2.24, 2.45) is 0 Å². The normalized spacial score (nSPS) is 17.0. The molecule has 0 aliphatic carbocycles. The topological polar surface area (TPSA) is 96.8 Å². The lowest BCUT2D eigenvalue weighted by Gasteiger charge is -2.20. The Balaban J connectivity index is 1.42. The van der Waals surface area contributed by atoms with Gasteiger partial charge >= 0.3 is 6.03 Å². The highest BCUT2D eigenvalue weighted by Crippen LogP contribution is 2.32. The Morgan fingerprint density at radius 2 is 1.91 bits per heavy atom. The lowest BCUT2D eigenvalue weighted by atomic mass is 10.0. The molecule has 2 aromatic carbocycles. The van der Waals surface area contributed by atoms with Gasteiger partial charge in [-0.3, -0.25) is 15.1 Å². The Hall–Kier alpha value is -4.23. The van der Waals surface area contributed by atoms with E-state index in [9.17, 15) is 13.6 Å². The summed E-state index contributed by atoms with van der Waals surface area (Å²) in [4.78, 5) is 26.1. The highest BCUT2D eigenvalue weighted by Gasteiger charge is 2.37. The number of carbonyl (C=O) groups is 1. The SMILES string of the molecule is COCCN1C[C@@H](NC(=O)Nc2c(C)c(-c3ccc(CN(C)C)nc3)nn2-c2ccccc2)[C@H](c2ccc(F)c(F)c2)O1. The number of urea groups is 1. The number of pyridine rings is 1. The van der Waals surface area contributed by atoms with E-state index >= 15 is 0 Å². The van der Waals surface area contributed by atoms with Gasteiger partial charge in [0, 0.05) is 44.1 Å². The summed E-state index contributed by atoms with van der Waals surface area (Å²) < 4.78 is 34.6. The van der Waals surface area contributed by atoms with Gasteiger partial charge in [-0.25, -0.2) is 18.3 Å². The molecule has 5 rings (SSSR count). The molecule has 1 saturated heterocycles. The van der Waals surface area contributed by atoms with Crippen LogP contribution in [0.4, 0.5) is 19.4 Å². The van der Waals surface area contributed by atoms with E-state index in [0.717, 1.165) is 34.6 Å². The fraction of sp³-hybridized carbons (Fsp3) is 0.323. The van der Waals surface area contributed by atoms with Gasteiger partial charge in [0.05, 0.1) is 29.7 Å². The summed E-state index contributed by atoms with van der Waals surface area (Å²) in [5.74, 6) is -1.46. The van der Waals surface area contributed by atoms with E-state index in [0.29, 0.717) is 43.3 Å². The maximum absolute atomic E-state index is 14.1. The van der Waals surface area contributed by atoms with Gasteiger partial charge in [-0.1, -0.05) is 24.3 Å². The Labute approximate surface area is 249 Å². The number of anilines is 1. The van der Waals surface area contributed by atoms with Crippen LogP contribution in [0.2, 0.25) is 0 Å². The minimum absolute atomic E-state index is 0.313. The average molecular weight is 592 g/mol. The first kappa shape index (κ1) is 30.2. The summed E-state index contributed by atoms with van der Waals surface area (Å²) in [7, 11) is 5.55. The molecule has 0 bridgehead atoms. The Bertz CT molecular complexity index is 1550. The quantitative estimate of drug-likeness (QED) is 0.276. The first-order valence-electron chi connectivity index (χ1n) is 13.9. The maximum Gasteiger partial charge on any atom is 0.320 e. The Morgan fingerprint density at radius 1 is 1.12 bits per heavy atom. The first-order valence-corrected chi connectivity index (χ1v) is 13.9. The van der Waals surface area contributed by atoms with Crippen molar-refractivity contribution < 1.29 is 23.1 Å². The second kappa shape index (κ2) is 13.4. The number of methoxy groups -OCH3 is 1. The number of aromatic nitrogens is 3. The summed E-state index contributed by atoms with van der Waals surface area (Å²) >= 11 is 0. The van der Waals surface area contributed by atoms with Crippen molar-refractivity contribution in [1.82, 2.24) is 30.0 Å². The average Bonchev–Trinajstić information content (AvgIpc) is 3.54. The van der Waals surface area contributed by atoms with Gasteiger partial charge in [0.25, 0.3) is 0 Å². The Morgan fingerprint density at radius 3 is 2.58 bits per heavy atom. The van der Waals surface area contributed by atoms with Crippen LogP contribution in [-0.4, -0.2) is 77.7 Å². The van der Waals surface area contributed by atoms with Crippen molar-refractivity contribution in [3.05, 3.63) is 95.3 Å². The number of halogens is 2. The van der Waals surface area contributed by atoms with Crippen LogP contribution >= 0.6 is 0 Å². The predicted octanol–water partition coefficient (Wildman–Crippen LogP) is 4.71. The van der Waals surface area contributed by atoms with Crippen LogP contribution in [0.3, 0.4) is 0 Å². The molecule has 226 valence electrons. The lowest BCUT2D eigenvalue weighted by molar-refractivity contribution is -0.154. The van der Waals surface area contributed by atoms with E-state index in [1.807, 2.05) is 68.4 Å². The van der Waals surface area contributed by atoms with Crippen molar-refractivity contribution in [3.63, 3.8) is 0 Å². The van der Waals surface area contributed by atoms with Gasteiger partial charge in [0.2, 0.25) is 0 Å². The molecule has 10 nitrogen and oxygen atoms in total. The highest BCUT2D eigenvalue weighted by molar-refractivity contribution is 5.91. The molecule has 1 aliphatic rings. The zero-order valence-corrected chi connectivity index (χ0v) is 24.6. The molecule has 0 saturated carbocycles. The molecule has 12 heteroatoms. The van der Waals surface area contributed by atoms with Gasteiger partial charge in [-0.05, 0) is 63.0 Å². The molecule has 0 spiro atoms. The summed E-state index contributed by atoms with van der Waals surface area (Å²) in [6.45, 7) is 3.74. The zero-order chi connectivity index (χ0) is 30.5.